The quantitative estimate of drug-likeness (QED) is 0.792. The molecule has 1 amide bonds. The van der Waals surface area contributed by atoms with Crippen molar-refractivity contribution in [3.63, 3.8) is 0 Å². The largest absolute Gasteiger partial charge is 0.348 e. The molecule has 1 aromatic heterocycles. The molecule has 26 heavy (non-hydrogen) atoms. The second kappa shape index (κ2) is 8.16. The standard InChI is InChI=1S/C18H20ClN3O3S/c19-17-16(8-5-9-20-17)18(23)21-13-14-6-4-7-15(12-14)26(24,25)22-10-2-1-3-11-22/h4-9,12H,1-3,10-11,13H2,(H,21,23). The van der Waals surface area contributed by atoms with Crippen LogP contribution < -0.4 is 5.32 Å². The lowest BCUT2D eigenvalue weighted by molar-refractivity contribution is 0.0950. The molecule has 1 aliphatic rings. The van der Waals surface area contributed by atoms with Gasteiger partial charge in [-0.2, -0.15) is 4.31 Å². The SMILES string of the molecule is O=C(NCc1cccc(S(=O)(=O)N2CCCCC2)c1)c1cccnc1Cl. The number of aromatic nitrogens is 1. The minimum atomic E-state index is -3.49. The Morgan fingerprint density at radius 3 is 2.65 bits per heavy atom. The van der Waals surface area contributed by atoms with E-state index in [1.807, 2.05) is 0 Å². The normalized spacial score (nSPS) is 15.6. The smallest absolute Gasteiger partial charge is 0.254 e. The molecule has 0 radical (unpaired) electrons. The molecule has 1 aromatic carbocycles. The van der Waals surface area contributed by atoms with E-state index in [1.165, 1.54) is 10.5 Å². The maximum absolute atomic E-state index is 12.8. The van der Waals surface area contributed by atoms with Crippen LogP contribution in [0.1, 0.15) is 35.2 Å². The summed E-state index contributed by atoms with van der Waals surface area (Å²) in [5.74, 6) is -0.354. The summed E-state index contributed by atoms with van der Waals surface area (Å²) < 4.78 is 27.0. The van der Waals surface area contributed by atoms with Crippen LogP contribution in [0.2, 0.25) is 5.15 Å². The zero-order valence-corrected chi connectivity index (χ0v) is 15.8. The van der Waals surface area contributed by atoms with Crippen LogP contribution in [-0.2, 0) is 16.6 Å². The molecule has 0 atom stereocenters. The highest BCUT2D eigenvalue weighted by Gasteiger charge is 2.25. The second-order valence-electron chi connectivity index (χ2n) is 6.14. The molecule has 1 saturated heterocycles. The molecule has 0 saturated carbocycles. The number of amides is 1. The number of carbonyl (C=O) groups is 1. The predicted molar refractivity (Wildman–Crippen MR) is 99.5 cm³/mol. The Morgan fingerprint density at radius 2 is 1.92 bits per heavy atom. The summed E-state index contributed by atoms with van der Waals surface area (Å²) in [6.07, 6.45) is 4.35. The van der Waals surface area contributed by atoms with Crippen LogP contribution in [-0.4, -0.2) is 36.7 Å². The van der Waals surface area contributed by atoms with Gasteiger partial charge in [-0.25, -0.2) is 13.4 Å². The Bertz CT molecular complexity index is 896. The van der Waals surface area contributed by atoms with E-state index in [0.29, 0.717) is 18.7 Å². The van der Waals surface area contributed by atoms with Gasteiger partial charge in [0.05, 0.1) is 10.5 Å². The molecular weight excluding hydrogens is 374 g/mol. The van der Waals surface area contributed by atoms with Gasteiger partial charge in [0.2, 0.25) is 10.0 Å². The van der Waals surface area contributed by atoms with Crippen molar-refractivity contribution in [2.24, 2.45) is 0 Å². The molecule has 0 spiro atoms. The van der Waals surface area contributed by atoms with E-state index in [1.54, 1.807) is 36.4 Å². The molecule has 1 fully saturated rings. The van der Waals surface area contributed by atoms with Gasteiger partial charge in [-0.1, -0.05) is 30.2 Å². The van der Waals surface area contributed by atoms with E-state index in [9.17, 15) is 13.2 Å². The van der Waals surface area contributed by atoms with Crippen LogP contribution in [0.25, 0.3) is 0 Å². The van der Waals surface area contributed by atoms with Crippen molar-refractivity contribution in [1.29, 1.82) is 0 Å². The van der Waals surface area contributed by atoms with E-state index >= 15 is 0 Å². The topological polar surface area (TPSA) is 79.4 Å². The lowest BCUT2D eigenvalue weighted by Gasteiger charge is -2.26. The molecule has 3 rings (SSSR count). The molecule has 2 heterocycles. The van der Waals surface area contributed by atoms with E-state index in [4.69, 9.17) is 11.6 Å². The van der Waals surface area contributed by atoms with Gasteiger partial charge in [-0.05, 0) is 42.7 Å². The zero-order chi connectivity index (χ0) is 18.6. The van der Waals surface area contributed by atoms with Crippen LogP contribution in [0.4, 0.5) is 0 Å². The highest BCUT2D eigenvalue weighted by Crippen LogP contribution is 2.21. The zero-order valence-electron chi connectivity index (χ0n) is 14.2. The fourth-order valence-corrected chi connectivity index (χ4v) is 4.70. The minimum absolute atomic E-state index is 0.131. The molecule has 2 aromatic rings. The number of benzene rings is 1. The maximum atomic E-state index is 12.8. The van der Waals surface area contributed by atoms with Gasteiger partial charge in [-0.15, -0.1) is 0 Å². The Morgan fingerprint density at radius 1 is 1.15 bits per heavy atom. The van der Waals surface area contributed by atoms with Gasteiger partial charge >= 0.3 is 0 Å². The van der Waals surface area contributed by atoms with E-state index in [2.05, 4.69) is 10.3 Å². The Labute approximate surface area is 158 Å². The molecule has 6 nitrogen and oxygen atoms in total. The van der Waals surface area contributed by atoms with Crippen molar-refractivity contribution in [1.82, 2.24) is 14.6 Å². The van der Waals surface area contributed by atoms with Gasteiger partial charge in [0.25, 0.3) is 5.91 Å². The molecule has 138 valence electrons. The third kappa shape index (κ3) is 4.23. The van der Waals surface area contributed by atoms with Gasteiger partial charge < -0.3 is 5.32 Å². The van der Waals surface area contributed by atoms with E-state index in [0.717, 1.165) is 19.3 Å². The molecule has 0 aliphatic carbocycles. The summed E-state index contributed by atoms with van der Waals surface area (Å²) in [6, 6.07) is 9.88. The summed E-state index contributed by atoms with van der Waals surface area (Å²) in [4.78, 5) is 16.3. The fraction of sp³-hybridized carbons (Fsp3) is 0.333. The van der Waals surface area contributed by atoms with Crippen LogP contribution in [0.15, 0.2) is 47.5 Å². The number of pyridine rings is 1. The van der Waals surface area contributed by atoms with Crippen molar-refractivity contribution >= 4 is 27.5 Å². The van der Waals surface area contributed by atoms with Crippen molar-refractivity contribution in [2.75, 3.05) is 13.1 Å². The highest BCUT2D eigenvalue weighted by atomic mass is 35.5. The summed E-state index contributed by atoms with van der Waals surface area (Å²) >= 11 is 5.92. The first kappa shape index (κ1) is 18.8. The molecule has 0 bridgehead atoms. The summed E-state index contributed by atoms with van der Waals surface area (Å²) in [5.41, 5.74) is 0.989. The third-order valence-electron chi connectivity index (χ3n) is 4.31. The molecule has 8 heteroatoms. The predicted octanol–water partition coefficient (Wildman–Crippen LogP) is 2.84. The number of halogens is 1. The third-order valence-corrected chi connectivity index (χ3v) is 6.50. The maximum Gasteiger partial charge on any atom is 0.254 e. The van der Waals surface area contributed by atoms with Crippen molar-refractivity contribution in [2.45, 2.75) is 30.7 Å². The van der Waals surface area contributed by atoms with Crippen LogP contribution in [0, 0.1) is 0 Å². The second-order valence-corrected chi connectivity index (χ2v) is 8.43. The summed E-state index contributed by atoms with van der Waals surface area (Å²) in [5, 5.41) is 2.87. The highest BCUT2D eigenvalue weighted by molar-refractivity contribution is 7.89. The van der Waals surface area contributed by atoms with E-state index in [-0.39, 0.29) is 28.1 Å². The molecule has 1 N–H and O–H groups in total. The van der Waals surface area contributed by atoms with Gasteiger partial charge in [0, 0.05) is 25.8 Å². The Hall–Kier alpha value is -1.96. The van der Waals surface area contributed by atoms with Gasteiger partial charge in [0.1, 0.15) is 5.15 Å². The van der Waals surface area contributed by atoms with Crippen molar-refractivity contribution in [3.05, 3.63) is 58.9 Å². The van der Waals surface area contributed by atoms with E-state index < -0.39 is 10.0 Å². The number of hydrogen-bond donors (Lipinski definition) is 1. The Kier molecular flexibility index (Phi) is 5.90. The molecular formula is C18H20ClN3O3S. The molecule has 1 aliphatic heterocycles. The first-order valence-electron chi connectivity index (χ1n) is 8.46. The number of carbonyl (C=O) groups excluding carboxylic acids is 1. The number of nitrogens with zero attached hydrogens (tertiary/aromatic N) is 2. The number of rotatable bonds is 5. The number of sulfonamides is 1. The van der Waals surface area contributed by atoms with Gasteiger partial charge in [-0.3, -0.25) is 4.79 Å². The minimum Gasteiger partial charge on any atom is -0.348 e. The van der Waals surface area contributed by atoms with Gasteiger partial charge in [0.15, 0.2) is 0 Å². The van der Waals surface area contributed by atoms with Crippen LogP contribution in [0.5, 0.6) is 0 Å². The number of nitrogens with one attached hydrogen (secondary N) is 1. The van der Waals surface area contributed by atoms with Crippen LogP contribution >= 0.6 is 11.6 Å². The van der Waals surface area contributed by atoms with Crippen molar-refractivity contribution in [3.8, 4) is 0 Å². The lowest BCUT2D eigenvalue weighted by atomic mass is 10.2. The lowest BCUT2D eigenvalue weighted by Crippen LogP contribution is -2.35. The first-order valence-corrected chi connectivity index (χ1v) is 10.3. The van der Waals surface area contributed by atoms with Crippen LogP contribution in [0.3, 0.4) is 0 Å². The molecule has 0 unspecified atom stereocenters. The summed E-state index contributed by atoms with van der Waals surface area (Å²) in [7, 11) is -3.49. The fourth-order valence-electron chi connectivity index (χ4n) is 2.90. The average molecular weight is 394 g/mol. The summed E-state index contributed by atoms with van der Waals surface area (Å²) in [6.45, 7) is 1.32. The monoisotopic (exact) mass is 393 g/mol. The Balaban J connectivity index is 1.71. The number of hydrogen-bond acceptors (Lipinski definition) is 4. The number of piperidine rings is 1. The first-order chi connectivity index (χ1) is 12.5. The average Bonchev–Trinajstić information content (AvgIpc) is 2.67. The van der Waals surface area contributed by atoms with Crippen molar-refractivity contribution < 1.29 is 13.2 Å².